The van der Waals surface area contributed by atoms with Crippen molar-refractivity contribution in [2.45, 2.75) is 0 Å². The molecule has 1 heterocycles. The molecule has 0 saturated heterocycles. The number of para-hydroxylation sites is 1. The van der Waals surface area contributed by atoms with Crippen molar-refractivity contribution in [2.24, 2.45) is 0 Å². The average Bonchev–Trinajstić information content (AvgIpc) is 2.76. The van der Waals surface area contributed by atoms with Gasteiger partial charge in [0.2, 0.25) is 0 Å². The lowest BCUT2D eigenvalue weighted by atomic mass is 9.72. The summed E-state index contributed by atoms with van der Waals surface area (Å²) < 4.78 is 5.59. The lowest BCUT2D eigenvalue weighted by Crippen LogP contribution is -2.36. The Labute approximate surface area is 109 Å². The van der Waals surface area contributed by atoms with E-state index in [2.05, 4.69) is 0 Å². The van der Waals surface area contributed by atoms with Gasteiger partial charge in [0, 0.05) is 16.2 Å². The SMILES string of the molecule is OB(O)c1ccc(B(O)O)c2c1oc1ccccc12. The van der Waals surface area contributed by atoms with Gasteiger partial charge in [-0.2, -0.15) is 0 Å². The summed E-state index contributed by atoms with van der Waals surface area (Å²) in [6.45, 7) is 0. The Bertz CT molecular complexity index is 750. The fourth-order valence-corrected chi connectivity index (χ4v) is 2.29. The topological polar surface area (TPSA) is 94.1 Å². The summed E-state index contributed by atoms with van der Waals surface area (Å²) in [5.74, 6) is 0. The Balaban J connectivity index is 2.50. The molecule has 3 aromatic rings. The molecule has 2 aromatic carbocycles. The number of hydrogen-bond acceptors (Lipinski definition) is 5. The van der Waals surface area contributed by atoms with Crippen LogP contribution in [0.1, 0.15) is 0 Å². The second-order valence-corrected chi connectivity index (χ2v) is 4.29. The van der Waals surface area contributed by atoms with E-state index in [1.54, 1.807) is 24.3 Å². The Morgan fingerprint density at radius 3 is 2.11 bits per heavy atom. The minimum absolute atomic E-state index is 0.190. The van der Waals surface area contributed by atoms with Gasteiger partial charge >= 0.3 is 14.2 Å². The van der Waals surface area contributed by atoms with Crippen molar-refractivity contribution in [3.8, 4) is 0 Å². The number of rotatable bonds is 2. The lowest BCUT2D eigenvalue weighted by Gasteiger charge is -2.05. The second kappa shape index (κ2) is 4.40. The quantitative estimate of drug-likeness (QED) is 0.439. The van der Waals surface area contributed by atoms with Crippen LogP contribution >= 0.6 is 0 Å². The van der Waals surface area contributed by atoms with Gasteiger partial charge in [0.1, 0.15) is 11.2 Å². The monoisotopic (exact) mass is 256 g/mol. The molecular formula is C12H10B2O5. The zero-order chi connectivity index (χ0) is 13.6. The first-order valence-corrected chi connectivity index (χ1v) is 5.76. The largest absolute Gasteiger partial charge is 0.492 e. The first kappa shape index (κ1) is 12.3. The summed E-state index contributed by atoms with van der Waals surface area (Å²) in [4.78, 5) is 0. The van der Waals surface area contributed by atoms with Crippen LogP contribution in [0.4, 0.5) is 0 Å². The highest BCUT2D eigenvalue weighted by Crippen LogP contribution is 2.26. The molecule has 0 fully saturated rings. The molecule has 4 N–H and O–H groups in total. The van der Waals surface area contributed by atoms with Crippen LogP contribution in [-0.4, -0.2) is 34.3 Å². The van der Waals surface area contributed by atoms with E-state index in [0.29, 0.717) is 16.4 Å². The van der Waals surface area contributed by atoms with Gasteiger partial charge in [0.15, 0.2) is 0 Å². The molecule has 0 bridgehead atoms. The summed E-state index contributed by atoms with van der Waals surface area (Å²) in [5.41, 5.74) is 1.26. The molecule has 1 aromatic heterocycles. The van der Waals surface area contributed by atoms with E-state index in [1.807, 2.05) is 0 Å². The second-order valence-electron chi connectivity index (χ2n) is 4.29. The number of fused-ring (bicyclic) bond motifs is 3. The normalized spacial score (nSPS) is 11.2. The molecule has 0 saturated carbocycles. The molecule has 3 rings (SSSR count). The van der Waals surface area contributed by atoms with Crippen molar-refractivity contribution in [1.29, 1.82) is 0 Å². The van der Waals surface area contributed by atoms with Gasteiger partial charge in [0.05, 0.1) is 0 Å². The number of hydrogen-bond donors (Lipinski definition) is 4. The van der Waals surface area contributed by atoms with Crippen LogP contribution in [0.25, 0.3) is 21.9 Å². The third-order valence-electron chi connectivity index (χ3n) is 3.15. The van der Waals surface area contributed by atoms with Crippen molar-refractivity contribution in [1.82, 2.24) is 0 Å². The standard InChI is InChI=1S/C12H10B2O5/c15-13(16)8-5-6-9(14(17)18)12-11(8)7-3-1-2-4-10(7)19-12/h1-6,15-18H. The third-order valence-corrected chi connectivity index (χ3v) is 3.15. The summed E-state index contributed by atoms with van der Waals surface area (Å²) in [6, 6.07) is 9.95. The van der Waals surface area contributed by atoms with E-state index in [4.69, 9.17) is 4.42 Å². The molecule has 0 aliphatic heterocycles. The van der Waals surface area contributed by atoms with E-state index in [1.165, 1.54) is 12.1 Å². The molecule has 19 heavy (non-hydrogen) atoms. The van der Waals surface area contributed by atoms with E-state index in [0.717, 1.165) is 0 Å². The van der Waals surface area contributed by atoms with Gasteiger partial charge in [-0.15, -0.1) is 0 Å². The van der Waals surface area contributed by atoms with Gasteiger partial charge in [-0.25, -0.2) is 0 Å². The van der Waals surface area contributed by atoms with Crippen LogP contribution in [0.15, 0.2) is 40.8 Å². The molecule has 0 amide bonds. The minimum Gasteiger partial charge on any atom is -0.456 e. The number of furan rings is 1. The van der Waals surface area contributed by atoms with Gasteiger partial charge < -0.3 is 24.5 Å². The minimum atomic E-state index is -1.69. The Morgan fingerprint density at radius 1 is 0.789 bits per heavy atom. The van der Waals surface area contributed by atoms with Crippen molar-refractivity contribution in [2.75, 3.05) is 0 Å². The van der Waals surface area contributed by atoms with E-state index in [-0.39, 0.29) is 16.5 Å². The van der Waals surface area contributed by atoms with Crippen LogP contribution in [-0.2, 0) is 0 Å². The predicted octanol–water partition coefficient (Wildman–Crippen LogP) is -1.05. The van der Waals surface area contributed by atoms with Gasteiger partial charge in [-0.05, 0) is 11.5 Å². The fraction of sp³-hybridized carbons (Fsp3) is 0. The molecule has 7 heteroatoms. The molecule has 0 atom stereocenters. The Morgan fingerprint density at radius 2 is 1.42 bits per heavy atom. The third kappa shape index (κ3) is 1.84. The molecule has 0 spiro atoms. The van der Waals surface area contributed by atoms with Crippen LogP contribution in [0.2, 0.25) is 0 Å². The molecule has 0 unspecified atom stereocenters. The van der Waals surface area contributed by atoms with Gasteiger partial charge in [-0.1, -0.05) is 30.3 Å². The fourth-order valence-electron chi connectivity index (χ4n) is 2.29. The zero-order valence-corrected chi connectivity index (χ0v) is 9.82. The predicted molar refractivity (Wildman–Crippen MR) is 73.4 cm³/mol. The molecule has 0 aliphatic rings. The van der Waals surface area contributed by atoms with Crippen LogP contribution in [0, 0.1) is 0 Å². The molecule has 5 nitrogen and oxygen atoms in total. The summed E-state index contributed by atoms with van der Waals surface area (Å²) in [6.07, 6.45) is 0. The van der Waals surface area contributed by atoms with Crippen LogP contribution < -0.4 is 10.9 Å². The molecular weight excluding hydrogens is 246 g/mol. The van der Waals surface area contributed by atoms with Crippen molar-refractivity contribution in [3.63, 3.8) is 0 Å². The number of benzene rings is 2. The average molecular weight is 256 g/mol. The van der Waals surface area contributed by atoms with Crippen LogP contribution in [0.5, 0.6) is 0 Å². The maximum absolute atomic E-state index is 9.42. The Kier molecular flexibility index (Phi) is 2.83. The smallest absolute Gasteiger partial charge is 0.456 e. The summed E-state index contributed by atoms with van der Waals surface area (Å²) >= 11 is 0. The highest BCUT2D eigenvalue weighted by molar-refractivity contribution is 6.66. The van der Waals surface area contributed by atoms with Crippen LogP contribution in [0.3, 0.4) is 0 Å². The first-order chi connectivity index (χ1) is 9.09. The summed E-state index contributed by atoms with van der Waals surface area (Å²) in [5, 5.41) is 38.7. The maximum Gasteiger partial charge on any atom is 0.492 e. The van der Waals surface area contributed by atoms with Crippen molar-refractivity contribution >= 4 is 47.1 Å². The summed E-state index contributed by atoms with van der Waals surface area (Å²) in [7, 11) is -3.35. The van der Waals surface area contributed by atoms with Crippen molar-refractivity contribution in [3.05, 3.63) is 36.4 Å². The van der Waals surface area contributed by atoms with E-state index in [9.17, 15) is 20.1 Å². The van der Waals surface area contributed by atoms with E-state index < -0.39 is 14.2 Å². The lowest BCUT2D eigenvalue weighted by molar-refractivity contribution is 0.423. The maximum atomic E-state index is 9.42. The molecule has 94 valence electrons. The van der Waals surface area contributed by atoms with Crippen molar-refractivity contribution < 1.29 is 24.5 Å². The molecule has 0 aliphatic carbocycles. The Hall–Kier alpha value is -1.79. The van der Waals surface area contributed by atoms with E-state index >= 15 is 0 Å². The highest BCUT2D eigenvalue weighted by atomic mass is 16.4. The first-order valence-electron chi connectivity index (χ1n) is 5.76. The highest BCUT2D eigenvalue weighted by Gasteiger charge is 2.25. The van der Waals surface area contributed by atoms with Gasteiger partial charge in [0.25, 0.3) is 0 Å². The zero-order valence-electron chi connectivity index (χ0n) is 9.82. The van der Waals surface area contributed by atoms with Gasteiger partial charge in [-0.3, -0.25) is 0 Å². The molecule has 0 radical (unpaired) electrons.